The third-order valence-electron chi connectivity index (χ3n) is 3.05. The molecule has 0 aliphatic rings. The van der Waals surface area contributed by atoms with E-state index in [1.54, 1.807) is 12.1 Å². The maximum Gasteiger partial charge on any atom is 0.240 e. The Morgan fingerprint density at radius 2 is 1.84 bits per heavy atom. The van der Waals surface area contributed by atoms with Crippen molar-refractivity contribution in [1.82, 2.24) is 4.72 Å². The third kappa shape index (κ3) is 5.88. The second-order valence-corrected chi connectivity index (χ2v) is 7.63. The number of halogens is 2. The zero-order chi connectivity index (χ0) is 18.4. The summed E-state index contributed by atoms with van der Waals surface area (Å²) < 4.78 is 50.6. The van der Waals surface area contributed by atoms with Gasteiger partial charge in [-0.25, -0.2) is 17.5 Å². The van der Waals surface area contributed by atoms with E-state index in [2.05, 4.69) is 4.72 Å². The van der Waals surface area contributed by atoms with Crippen molar-refractivity contribution in [2.24, 2.45) is 0 Å². The van der Waals surface area contributed by atoms with Crippen LogP contribution in [0.15, 0.2) is 47.4 Å². The van der Waals surface area contributed by atoms with Crippen LogP contribution >= 0.6 is 11.6 Å². The van der Waals surface area contributed by atoms with Gasteiger partial charge in [0.2, 0.25) is 10.0 Å². The van der Waals surface area contributed by atoms with Gasteiger partial charge in [0.15, 0.2) is 0 Å². The largest absolute Gasteiger partial charge is 0.491 e. The van der Waals surface area contributed by atoms with Gasteiger partial charge in [-0.05, 0) is 56.3 Å². The number of rotatable bonds is 8. The van der Waals surface area contributed by atoms with Crippen molar-refractivity contribution in [3.8, 4) is 11.5 Å². The number of nitrogens with one attached hydrogen (secondary N) is 1. The summed E-state index contributed by atoms with van der Waals surface area (Å²) in [5, 5.41) is 0.128. The number of sulfonamides is 1. The first-order chi connectivity index (χ1) is 11.8. The summed E-state index contributed by atoms with van der Waals surface area (Å²) in [5.41, 5.74) is 0. The zero-order valence-electron chi connectivity index (χ0n) is 13.8. The Bertz CT molecular complexity index is 810. The predicted molar refractivity (Wildman–Crippen MR) is 94.3 cm³/mol. The van der Waals surface area contributed by atoms with Crippen molar-refractivity contribution < 1.29 is 22.3 Å². The predicted octanol–water partition coefficient (Wildman–Crippen LogP) is 3.62. The lowest BCUT2D eigenvalue weighted by Crippen LogP contribution is -2.28. The minimum absolute atomic E-state index is 0.0102. The van der Waals surface area contributed by atoms with E-state index in [1.165, 1.54) is 24.3 Å². The molecule has 0 saturated carbocycles. The quantitative estimate of drug-likeness (QED) is 0.702. The number of ether oxygens (including phenoxy) is 2. The lowest BCUT2D eigenvalue weighted by molar-refractivity contribution is 0.242. The molecule has 2 aromatic carbocycles. The van der Waals surface area contributed by atoms with Crippen molar-refractivity contribution in [1.29, 1.82) is 0 Å². The summed E-state index contributed by atoms with van der Waals surface area (Å²) >= 11 is 5.83. The van der Waals surface area contributed by atoms with Crippen LogP contribution in [0, 0.1) is 5.82 Å². The summed E-state index contributed by atoms with van der Waals surface area (Å²) in [6.07, 6.45) is 0.0102. The van der Waals surface area contributed by atoms with Crippen LogP contribution < -0.4 is 14.2 Å². The highest BCUT2D eigenvalue weighted by molar-refractivity contribution is 7.89. The normalized spacial score (nSPS) is 11.6. The highest BCUT2D eigenvalue weighted by atomic mass is 35.5. The molecule has 2 aromatic rings. The molecule has 0 saturated heterocycles. The van der Waals surface area contributed by atoms with E-state index in [0.29, 0.717) is 5.75 Å². The van der Waals surface area contributed by atoms with Crippen LogP contribution in [-0.4, -0.2) is 27.7 Å². The lowest BCUT2D eigenvalue weighted by atomic mass is 10.3. The molecule has 0 aliphatic carbocycles. The zero-order valence-corrected chi connectivity index (χ0v) is 15.4. The molecule has 0 unspecified atom stereocenters. The van der Waals surface area contributed by atoms with E-state index >= 15 is 0 Å². The number of hydrogen-bond acceptors (Lipinski definition) is 4. The van der Waals surface area contributed by atoms with Crippen LogP contribution in [-0.2, 0) is 10.0 Å². The van der Waals surface area contributed by atoms with Gasteiger partial charge in [0.05, 0.1) is 16.0 Å². The van der Waals surface area contributed by atoms with E-state index in [-0.39, 0.29) is 34.9 Å². The summed E-state index contributed by atoms with van der Waals surface area (Å²) in [6, 6.07) is 9.87. The maximum absolute atomic E-state index is 12.9. The maximum atomic E-state index is 12.9. The average Bonchev–Trinajstić information content (AvgIpc) is 2.53. The minimum Gasteiger partial charge on any atom is -0.491 e. The molecule has 0 heterocycles. The van der Waals surface area contributed by atoms with E-state index < -0.39 is 15.8 Å². The van der Waals surface area contributed by atoms with Crippen LogP contribution in [0.2, 0.25) is 5.02 Å². The second-order valence-electron chi connectivity index (χ2n) is 5.46. The molecule has 136 valence electrons. The molecule has 1 N–H and O–H groups in total. The summed E-state index contributed by atoms with van der Waals surface area (Å²) in [5.74, 6) is 0.420. The smallest absolute Gasteiger partial charge is 0.240 e. The summed E-state index contributed by atoms with van der Waals surface area (Å²) in [4.78, 5) is 0.128. The fraction of sp³-hybridized carbons (Fsp3) is 0.294. The Kier molecular flexibility index (Phi) is 6.64. The van der Waals surface area contributed by atoms with Gasteiger partial charge < -0.3 is 9.47 Å². The first kappa shape index (κ1) is 19.5. The fourth-order valence-electron chi connectivity index (χ4n) is 1.98. The highest BCUT2D eigenvalue weighted by Gasteiger charge is 2.14. The van der Waals surface area contributed by atoms with Crippen molar-refractivity contribution in [2.75, 3.05) is 13.2 Å². The monoisotopic (exact) mass is 387 g/mol. The number of benzene rings is 2. The second kappa shape index (κ2) is 8.51. The molecule has 0 fully saturated rings. The third-order valence-corrected chi connectivity index (χ3v) is 4.82. The van der Waals surface area contributed by atoms with Crippen LogP contribution in [0.5, 0.6) is 11.5 Å². The molecule has 0 bridgehead atoms. The molecule has 25 heavy (non-hydrogen) atoms. The Balaban J connectivity index is 1.88. The van der Waals surface area contributed by atoms with Gasteiger partial charge in [-0.15, -0.1) is 0 Å². The Morgan fingerprint density at radius 3 is 2.44 bits per heavy atom. The van der Waals surface area contributed by atoms with Gasteiger partial charge in [0.1, 0.15) is 23.9 Å². The molecule has 0 aliphatic heterocycles. The van der Waals surface area contributed by atoms with Gasteiger partial charge in [-0.1, -0.05) is 11.6 Å². The molecule has 5 nitrogen and oxygen atoms in total. The van der Waals surface area contributed by atoms with E-state index in [0.717, 1.165) is 6.07 Å². The molecule has 0 aromatic heterocycles. The summed E-state index contributed by atoms with van der Waals surface area (Å²) in [7, 11) is -3.66. The van der Waals surface area contributed by atoms with Crippen LogP contribution in [0.1, 0.15) is 13.8 Å². The topological polar surface area (TPSA) is 64.6 Å². The minimum atomic E-state index is -3.66. The van der Waals surface area contributed by atoms with Crippen LogP contribution in [0.4, 0.5) is 4.39 Å². The van der Waals surface area contributed by atoms with Crippen molar-refractivity contribution >= 4 is 21.6 Å². The molecule has 0 amide bonds. The van der Waals surface area contributed by atoms with Crippen molar-refractivity contribution in [2.45, 2.75) is 24.8 Å². The highest BCUT2D eigenvalue weighted by Crippen LogP contribution is 2.24. The van der Waals surface area contributed by atoms with Gasteiger partial charge in [-0.3, -0.25) is 0 Å². The molecule has 2 rings (SSSR count). The summed E-state index contributed by atoms with van der Waals surface area (Å²) in [6.45, 7) is 3.87. The SMILES string of the molecule is CC(C)Oc1ccc(S(=O)(=O)NCCOc2ccc(F)cc2Cl)cc1. The van der Waals surface area contributed by atoms with E-state index in [1.807, 2.05) is 13.8 Å². The van der Waals surface area contributed by atoms with Gasteiger partial charge in [0.25, 0.3) is 0 Å². The van der Waals surface area contributed by atoms with E-state index in [9.17, 15) is 12.8 Å². The van der Waals surface area contributed by atoms with Gasteiger partial charge >= 0.3 is 0 Å². The Morgan fingerprint density at radius 1 is 1.16 bits per heavy atom. The van der Waals surface area contributed by atoms with Crippen molar-refractivity contribution in [3.63, 3.8) is 0 Å². The average molecular weight is 388 g/mol. The lowest BCUT2D eigenvalue weighted by Gasteiger charge is -2.11. The molecule has 8 heteroatoms. The molecular formula is C17H19ClFNO4S. The van der Waals surface area contributed by atoms with Crippen LogP contribution in [0.3, 0.4) is 0 Å². The Labute approximate surface area is 151 Å². The Hall–Kier alpha value is -1.83. The number of hydrogen-bond donors (Lipinski definition) is 1. The molecule has 0 radical (unpaired) electrons. The molecule has 0 atom stereocenters. The molecule has 0 spiro atoms. The van der Waals surface area contributed by atoms with Crippen LogP contribution in [0.25, 0.3) is 0 Å². The molecular weight excluding hydrogens is 369 g/mol. The van der Waals surface area contributed by atoms with E-state index in [4.69, 9.17) is 21.1 Å². The first-order valence-corrected chi connectivity index (χ1v) is 9.48. The van der Waals surface area contributed by atoms with Crippen molar-refractivity contribution in [3.05, 3.63) is 53.3 Å². The van der Waals surface area contributed by atoms with Gasteiger partial charge in [-0.2, -0.15) is 0 Å². The fourth-order valence-corrected chi connectivity index (χ4v) is 3.22. The van der Waals surface area contributed by atoms with Gasteiger partial charge in [0, 0.05) is 6.54 Å². The standard InChI is InChI=1S/C17H19ClFNO4S/c1-12(2)24-14-4-6-15(7-5-14)25(21,22)20-9-10-23-17-8-3-13(19)11-16(17)18/h3-8,11-12,20H,9-10H2,1-2H3. The first-order valence-electron chi connectivity index (χ1n) is 7.62.